The van der Waals surface area contributed by atoms with Gasteiger partial charge in [0.1, 0.15) is 5.75 Å². The van der Waals surface area contributed by atoms with Crippen LogP contribution in [0.5, 0.6) is 11.6 Å². The summed E-state index contributed by atoms with van der Waals surface area (Å²) in [5.41, 5.74) is 12.5. The van der Waals surface area contributed by atoms with Gasteiger partial charge < -0.3 is 16.2 Å². The van der Waals surface area contributed by atoms with E-state index in [1.807, 2.05) is 12.1 Å². The largest absolute Gasteiger partial charge is 0.439 e. The minimum atomic E-state index is 0.244. The topological polar surface area (TPSA) is 97.9 Å². The zero-order valence-electron chi connectivity index (χ0n) is 9.63. The molecule has 1 heterocycles. The smallest absolute Gasteiger partial charge is 0.221 e. The predicted molar refractivity (Wildman–Crippen MR) is 68.9 cm³/mol. The van der Waals surface area contributed by atoms with Gasteiger partial charge in [-0.15, -0.1) is 0 Å². The Bertz CT molecular complexity index is 587. The molecule has 0 spiro atoms. The van der Waals surface area contributed by atoms with Gasteiger partial charge in [-0.2, -0.15) is 10.2 Å². The second-order valence-corrected chi connectivity index (χ2v) is 3.70. The summed E-state index contributed by atoms with van der Waals surface area (Å²) in [6.45, 7) is 0. The van der Waals surface area contributed by atoms with Crippen LogP contribution in [-0.2, 0) is 6.42 Å². The van der Waals surface area contributed by atoms with Crippen LogP contribution in [0.2, 0.25) is 0 Å². The highest BCUT2D eigenvalue weighted by molar-refractivity contribution is 5.58. The lowest BCUT2D eigenvalue weighted by molar-refractivity contribution is 0.464. The van der Waals surface area contributed by atoms with Crippen molar-refractivity contribution in [2.45, 2.75) is 6.42 Å². The molecule has 0 fully saturated rings. The van der Waals surface area contributed by atoms with E-state index < -0.39 is 0 Å². The Hall–Kier alpha value is -2.74. The summed E-state index contributed by atoms with van der Waals surface area (Å²) >= 11 is 0. The lowest BCUT2D eigenvalue weighted by Gasteiger charge is -2.06. The van der Waals surface area contributed by atoms with Crippen molar-refractivity contribution in [3.05, 3.63) is 42.0 Å². The van der Waals surface area contributed by atoms with Crippen molar-refractivity contribution in [2.75, 3.05) is 11.5 Å². The first-order valence-corrected chi connectivity index (χ1v) is 5.35. The van der Waals surface area contributed by atoms with Crippen molar-refractivity contribution < 1.29 is 4.74 Å². The molecule has 0 bridgehead atoms. The van der Waals surface area contributed by atoms with E-state index in [0.29, 0.717) is 23.7 Å². The molecule has 1 aromatic heterocycles. The van der Waals surface area contributed by atoms with Gasteiger partial charge in [-0.05, 0) is 23.8 Å². The second-order valence-electron chi connectivity index (χ2n) is 3.70. The summed E-state index contributed by atoms with van der Waals surface area (Å²) in [5, 5.41) is 8.56. The van der Waals surface area contributed by atoms with Gasteiger partial charge in [-0.3, -0.25) is 0 Å². The first-order valence-electron chi connectivity index (χ1n) is 5.35. The number of hydrogen-bond donors (Lipinski definition) is 2. The summed E-state index contributed by atoms with van der Waals surface area (Å²) in [6.07, 6.45) is 0.382. The maximum absolute atomic E-state index is 8.56. The summed E-state index contributed by atoms with van der Waals surface area (Å²) in [4.78, 5) is 4.00. The molecule has 5 heteroatoms. The van der Waals surface area contributed by atoms with E-state index in [-0.39, 0.29) is 5.82 Å². The third-order valence-corrected chi connectivity index (χ3v) is 2.36. The molecule has 2 aromatic rings. The van der Waals surface area contributed by atoms with Crippen molar-refractivity contribution in [3.8, 4) is 17.7 Å². The SMILES string of the molecule is N#CCc1ccc(Oc2ccc(N)c(N)n2)cc1. The van der Waals surface area contributed by atoms with E-state index in [4.69, 9.17) is 21.5 Å². The highest BCUT2D eigenvalue weighted by Crippen LogP contribution is 2.23. The highest BCUT2D eigenvalue weighted by Gasteiger charge is 2.02. The zero-order chi connectivity index (χ0) is 13.0. The Morgan fingerprint density at radius 3 is 2.44 bits per heavy atom. The number of aromatic nitrogens is 1. The summed E-state index contributed by atoms with van der Waals surface area (Å²) in [6, 6.07) is 12.6. The monoisotopic (exact) mass is 240 g/mol. The van der Waals surface area contributed by atoms with Crippen LogP contribution in [0.1, 0.15) is 5.56 Å². The fourth-order valence-corrected chi connectivity index (χ4v) is 1.41. The van der Waals surface area contributed by atoms with Crippen LogP contribution in [-0.4, -0.2) is 4.98 Å². The van der Waals surface area contributed by atoms with Crippen molar-refractivity contribution >= 4 is 11.5 Å². The molecule has 1 aromatic carbocycles. The van der Waals surface area contributed by atoms with Crippen LogP contribution in [0, 0.1) is 11.3 Å². The first kappa shape index (κ1) is 11.7. The van der Waals surface area contributed by atoms with E-state index in [1.54, 1.807) is 24.3 Å². The molecule has 4 N–H and O–H groups in total. The number of nitrogen functional groups attached to an aromatic ring is 2. The third kappa shape index (κ3) is 2.68. The van der Waals surface area contributed by atoms with E-state index in [1.165, 1.54) is 0 Å². The molecule has 0 saturated carbocycles. The highest BCUT2D eigenvalue weighted by atomic mass is 16.5. The van der Waals surface area contributed by atoms with Crippen LogP contribution in [0.25, 0.3) is 0 Å². The van der Waals surface area contributed by atoms with E-state index >= 15 is 0 Å². The molecule has 0 aliphatic heterocycles. The average Bonchev–Trinajstić information content (AvgIpc) is 2.37. The summed E-state index contributed by atoms with van der Waals surface area (Å²) in [7, 11) is 0. The van der Waals surface area contributed by atoms with Crippen molar-refractivity contribution in [2.24, 2.45) is 0 Å². The Labute approximate surface area is 105 Å². The number of nitriles is 1. The number of pyridine rings is 1. The molecule has 0 aliphatic rings. The molecule has 0 atom stereocenters. The normalized spacial score (nSPS) is 9.72. The molecule has 0 unspecified atom stereocenters. The average molecular weight is 240 g/mol. The van der Waals surface area contributed by atoms with Crippen LogP contribution in [0.15, 0.2) is 36.4 Å². The molecule has 0 aliphatic carbocycles. The molecule has 5 nitrogen and oxygen atoms in total. The second kappa shape index (κ2) is 5.06. The van der Waals surface area contributed by atoms with Crippen molar-refractivity contribution in [3.63, 3.8) is 0 Å². The maximum Gasteiger partial charge on any atom is 0.221 e. The number of benzene rings is 1. The Morgan fingerprint density at radius 2 is 1.83 bits per heavy atom. The van der Waals surface area contributed by atoms with Gasteiger partial charge in [0, 0.05) is 6.07 Å². The Morgan fingerprint density at radius 1 is 1.11 bits per heavy atom. The lowest BCUT2D eigenvalue weighted by atomic mass is 10.2. The molecule has 0 saturated heterocycles. The molecule has 90 valence electrons. The van der Waals surface area contributed by atoms with Gasteiger partial charge in [0.25, 0.3) is 0 Å². The number of nitrogens with two attached hydrogens (primary N) is 2. The van der Waals surface area contributed by atoms with Gasteiger partial charge >= 0.3 is 0 Å². The van der Waals surface area contributed by atoms with Crippen LogP contribution in [0.3, 0.4) is 0 Å². The minimum absolute atomic E-state index is 0.244. The van der Waals surface area contributed by atoms with E-state index in [0.717, 1.165) is 5.56 Å². The van der Waals surface area contributed by atoms with Gasteiger partial charge in [-0.25, -0.2) is 0 Å². The van der Waals surface area contributed by atoms with E-state index in [9.17, 15) is 0 Å². The molecular weight excluding hydrogens is 228 g/mol. The Balaban J connectivity index is 2.13. The fraction of sp³-hybridized carbons (Fsp3) is 0.0769. The quantitative estimate of drug-likeness (QED) is 0.856. The van der Waals surface area contributed by atoms with Crippen molar-refractivity contribution in [1.82, 2.24) is 4.98 Å². The van der Waals surface area contributed by atoms with Crippen LogP contribution < -0.4 is 16.2 Å². The minimum Gasteiger partial charge on any atom is -0.439 e. The molecule has 0 radical (unpaired) electrons. The standard InChI is InChI=1S/C13H12N4O/c14-8-7-9-1-3-10(4-2-9)18-12-6-5-11(15)13(16)17-12/h1-6H,7,15H2,(H2,16,17). The molecule has 18 heavy (non-hydrogen) atoms. The first-order chi connectivity index (χ1) is 8.69. The number of nitrogens with zero attached hydrogens (tertiary/aromatic N) is 2. The molecule has 2 rings (SSSR count). The van der Waals surface area contributed by atoms with Gasteiger partial charge in [-0.1, -0.05) is 12.1 Å². The van der Waals surface area contributed by atoms with Gasteiger partial charge in [0.15, 0.2) is 5.82 Å². The van der Waals surface area contributed by atoms with Crippen LogP contribution in [0.4, 0.5) is 11.5 Å². The molecule has 0 amide bonds. The zero-order valence-corrected chi connectivity index (χ0v) is 9.63. The number of anilines is 2. The predicted octanol–water partition coefficient (Wildman–Crippen LogP) is 2.10. The van der Waals surface area contributed by atoms with Crippen molar-refractivity contribution in [1.29, 1.82) is 5.26 Å². The van der Waals surface area contributed by atoms with Gasteiger partial charge in [0.2, 0.25) is 5.88 Å². The maximum atomic E-state index is 8.56. The third-order valence-electron chi connectivity index (χ3n) is 2.36. The Kier molecular flexibility index (Phi) is 3.30. The van der Waals surface area contributed by atoms with Crippen LogP contribution >= 0.6 is 0 Å². The number of rotatable bonds is 3. The molecular formula is C13H12N4O. The fourth-order valence-electron chi connectivity index (χ4n) is 1.41. The number of hydrogen-bond acceptors (Lipinski definition) is 5. The summed E-state index contributed by atoms with van der Waals surface area (Å²) < 4.78 is 5.52. The lowest BCUT2D eigenvalue weighted by Crippen LogP contribution is -1.98. The number of ether oxygens (including phenoxy) is 1. The van der Waals surface area contributed by atoms with E-state index in [2.05, 4.69) is 11.1 Å². The van der Waals surface area contributed by atoms with Gasteiger partial charge in [0.05, 0.1) is 18.2 Å². The summed E-state index contributed by atoms with van der Waals surface area (Å²) in [5.74, 6) is 1.26.